The molecule has 14 heavy (non-hydrogen) atoms. The van der Waals surface area contributed by atoms with Crippen molar-refractivity contribution in [2.45, 2.75) is 20.3 Å². The molecule has 0 aliphatic heterocycles. The van der Waals surface area contributed by atoms with Crippen molar-refractivity contribution in [2.75, 3.05) is 5.32 Å². The van der Waals surface area contributed by atoms with Gasteiger partial charge in [-0.1, -0.05) is 26.0 Å². The lowest BCUT2D eigenvalue weighted by molar-refractivity contribution is 0.647. The largest absolute Gasteiger partial charge is 0.376 e. The van der Waals surface area contributed by atoms with Crippen LogP contribution >= 0.6 is 12.2 Å². The zero-order valence-corrected chi connectivity index (χ0v) is 9.40. The van der Waals surface area contributed by atoms with Gasteiger partial charge < -0.3 is 11.1 Å². The van der Waals surface area contributed by atoms with E-state index in [1.807, 2.05) is 12.1 Å². The van der Waals surface area contributed by atoms with Gasteiger partial charge in [-0.2, -0.15) is 0 Å². The molecule has 0 aliphatic rings. The van der Waals surface area contributed by atoms with Gasteiger partial charge in [0.25, 0.3) is 0 Å². The van der Waals surface area contributed by atoms with E-state index in [-0.39, 0.29) is 0 Å². The molecule has 3 heteroatoms. The Morgan fingerprint density at radius 2 is 2.21 bits per heavy atom. The van der Waals surface area contributed by atoms with E-state index in [0.29, 0.717) is 11.0 Å². The third-order valence-electron chi connectivity index (χ3n) is 1.84. The van der Waals surface area contributed by atoms with Gasteiger partial charge in [0, 0.05) is 5.69 Å². The number of hydrogen-bond acceptors (Lipinski definition) is 1. The smallest absolute Gasteiger partial charge is 0.168 e. The van der Waals surface area contributed by atoms with E-state index in [2.05, 4.69) is 31.3 Å². The zero-order valence-electron chi connectivity index (χ0n) is 8.58. The lowest BCUT2D eigenvalue weighted by Crippen LogP contribution is -2.18. The van der Waals surface area contributed by atoms with Crippen LogP contribution in [0.15, 0.2) is 24.3 Å². The van der Waals surface area contributed by atoms with Crippen LogP contribution in [0.4, 0.5) is 5.69 Å². The molecule has 3 N–H and O–H groups in total. The van der Waals surface area contributed by atoms with Crippen LogP contribution in [0.5, 0.6) is 0 Å². The van der Waals surface area contributed by atoms with E-state index in [4.69, 9.17) is 18.0 Å². The van der Waals surface area contributed by atoms with E-state index in [0.717, 1.165) is 12.1 Å². The average molecular weight is 208 g/mol. The summed E-state index contributed by atoms with van der Waals surface area (Å²) in [6, 6.07) is 8.17. The number of hydrogen-bond donors (Lipinski definition) is 2. The molecule has 0 aliphatic carbocycles. The minimum Gasteiger partial charge on any atom is -0.376 e. The van der Waals surface area contributed by atoms with Gasteiger partial charge in [0.1, 0.15) is 0 Å². The van der Waals surface area contributed by atoms with Crippen molar-refractivity contribution in [3.63, 3.8) is 0 Å². The van der Waals surface area contributed by atoms with Crippen molar-refractivity contribution in [3.8, 4) is 0 Å². The molecule has 1 rings (SSSR count). The Morgan fingerprint density at radius 1 is 1.50 bits per heavy atom. The van der Waals surface area contributed by atoms with Crippen LogP contribution in [0.25, 0.3) is 0 Å². The molecule has 0 saturated carbocycles. The summed E-state index contributed by atoms with van der Waals surface area (Å²) in [6.45, 7) is 4.40. The molecule has 0 heterocycles. The first-order chi connectivity index (χ1) is 6.58. The predicted molar refractivity (Wildman–Crippen MR) is 65.4 cm³/mol. The number of nitrogens with two attached hydrogens (primary N) is 1. The number of nitrogens with one attached hydrogen (secondary N) is 1. The van der Waals surface area contributed by atoms with Gasteiger partial charge in [-0.3, -0.25) is 0 Å². The minimum absolute atomic E-state index is 0.312. The Labute approximate surface area is 90.5 Å². The third-order valence-corrected chi connectivity index (χ3v) is 1.94. The van der Waals surface area contributed by atoms with Crippen molar-refractivity contribution < 1.29 is 0 Å². The number of anilines is 1. The van der Waals surface area contributed by atoms with Crippen LogP contribution in [0.2, 0.25) is 0 Å². The molecule has 0 fully saturated rings. The fourth-order valence-electron chi connectivity index (χ4n) is 1.39. The maximum Gasteiger partial charge on any atom is 0.168 e. The van der Waals surface area contributed by atoms with Crippen LogP contribution < -0.4 is 11.1 Å². The highest BCUT2D eigenvalue weighted by molar-refractivity contribution is 7.80. The Balaban J connectivity index is 2.73. The fourth-order valence-corrected chi connectivity index (χ4v) is 1.51. The average Bonchev–Trinajstić information content (AvgIpc) is 2.01. The second-order valence-corrected chi connectivity index (χ2v) is 4.23. The molecule has 0 radical (unpaired) electrons. The van der Waals surface area contributed by atoms with E-state index in [9.17, 15) is 0 Å². The second-order valence-electron chi connectivity index (χ2n) is 3.79. The third kappa shape index (κ3) is 3.75. The molecular weight excluding hydrogens is 192 g/mol. The highest BCUT2D eigenvalue weighted by Gasteiger charge is 1.99. The van der Waals surface area contributed by atoms with Crippen molar-refractivity contribution in [1.82, 2.24) is 0 Å². The van der Waals surface area contributed by atoms with Crippen molar-refractivity contribution in [2.24, 2.45) is 11.7 Å². The molecule has 0 unspecified atom stereocenters. The molecule has 0 bridgehead atoms. The summed E-state index contributed by atoms with van der Waals surface area (Å²) in [5.41, 5.74) is 7.67. The molecular formula is C11H16N2S. The first-order valence-electron chi connectivity index (χ1n) is 4.73. The molecule has 0 aromatic heterocycles. The summed E-state index contributed by atoms with van der Waals surface area (Å²) in [5.74, 6) is 0.662. The van der Waals surface area contributed by atoms with E-state index >= 15 is 0 Å². The highest BCUT2D eigenvalue weighted by atomic mass is 32.1. The Morgan fingerprint density at radius 3 is 2.79 bits per heavy atom. The van der Waals surface area contributed by atoms with Crippen LogP contribution in [0, 0.1) is 5.92 Å². The Bertz CT molecular complexity index is 321. The normalized spacial score (nSPS) is 10.2. The van der Waals surface area contributed by atoms with Crippen LogP contribution in [-0.2, 0) is 6.42 Å². The van der Waals surface area contributed by atoms with Gasteiger partial charge in [-0.05, 0) is 42.3 Å². The first-order valence-corrected chi connectivity index (χ1v) is 5.14. The van der Waals surface area contributed by atoms with Gasteiger partial charge in [0.05, 0.1) is 0 Å². The zero-order chi connectivity index (χ0) is 10.6. The minimum atomic E-state index is 0.312. The SMILES string of the molecule is CC(C)Cc1cccc(NC(N)=S)c1. The van der Waals surface area contributed by atoms with Gasteiger partial charge >= 0.3 is 0 Å². The van der Waals surface area contributed by atoms with E-state index in [1.54, 1.807) is 0 Å². The number of rotatable bonds is 3. The molecule has 1 aromatic rings. The first kappa shape index (κ1) is 11.0. The predicted octanol–water partition coefficient (Wildman–Crippen LogP) is 2.54. The molecule has 76 valence electrons. The molecule has 0 atom stereocenters. The molecule has 0 amide bonds. The molecule has 1 aromatic carbocycles. The monoisotopic (exact) mass is 208 g/mol. The van der Waals surface area contributed by atoms with Crippen LogP contribution in [0.3, 0.4) is 0 Å². The summed E-state index contributed by atoms with van der Waals surface area (Å²) in [5, 5.41) is 3.24. The Kier molecular flexibility index (Phi) is 3.89. The lowest BCUT2D eigenvalue weighted by atomic mass is 10.0. The summed E-state index contributed by atoms with van der Waals surface area (Å²) in [7, 11) is 0. The van der Waals surface area contributed by atoms with Crippen molar-refractivity contribution >= 4 is 23.0 Å². The van der Waals surface area contributed by atoms with E-state index in [1.165, 1.54) is 5.56 Å². The Hall–Kier alpha value is -1.09. The van der Waals surface area contributed by atoms with Gasteiger partial charge in [-0.15, -0.1) is 0 Å². The van der Waals surface area contributed by atoms with Gasteiger partial charge in [0.15, 0.2) is 5.11 Å². The maximum atomic E-state index is 5.40. The van der Waals surface area contributed by atoms with Crippen LogP contribution in [0.1, 0.15) is 19.4 Å². The van der Waals surface area contributed by atoms with E-state index < -0.39 is 0 Å². The van der Waals surface area contributed by atoms with Crippen LogP contribution in [-0.4, -0.2) is 5.11 Å². The number of benzene rings is 1. The number of thiocarbonyl (C=S) groups is 1. The maximum absolute atomic E-state index is 5.40. The summed E-state index contributed by atoms with van der Waals surface area (Å²) in [4.78, 5) is 0. The van der Waals surface area contributed by atoms with Gasteiger partial charge in [0.2, 0.25) is 0 Å². The standard InChI is InChI=1S/C11H16N2S/c1-8(2)6-9-4-3-5-10(7-9)13-11(12)14/h3-5,7-8H,6H2,1-2H3,(H3,12,13,14). The quantitative estimate of drug-likeness (QED) is 0.750. The fraction of sp³-hybridized carbons (Fsp3) is 0.364. The highest BCUT2D eigenvalue weighted by Crippen LogP contribution is 2.13. The molecule has 0 saturated heterocycles. The molecule has 2 nitrogen and oxygen atoms in total. The van der Waals surface area contributed by atoms with Crippen molar-refractivity contribution in [3.05, 3.63) is 29.8 Å². The summed E-state index contributed by atoms with van der Waals surface area (Å²) in [6.07, 6.45) is 1.08. The summed E-state index contributed by atoms with van der Waals surface area (Å²) >= 11 is 4.78. The topological polar surface area (TPSA) is 38.0 Å². The van der Waals surface area contributed by atoms with Gasteiger partial charge in [-0.25, -0.2) is 0 Å². The second kappa shape index (κ2) is 4.96. The van der Waals surface area contributed by atoms with Crippen molar-refractivity contribution in [1.29, 1.82) is 0 Å². The molecule has 0 spiro atoms. The lowest BCUT2D eigenvalue weighted by Gasteiger charge is -2.08. The summed E-state index contributed by atoms with van der Waals surface area (Å²) < 4.78 is 0.